The van der Waals surface area contributed by atoms with Crippen molar-refractivity contribution in [2.45, 2.75) is 29.0 Å². The fraction of sp³-hybridized carbons (Fsp3) is 0.538. The van der Waals surface area contributed by atoms with Gasteiger partial charge in [-0.1, -0.05) is 0 Å². The summed E-state index contributed by atoms with van der Waals surface area (Å²) in [4.78, 5) is 0.0648. The molecule has 0 radical (unpaired) electrons. The molecule has 0 saturated carbocycles. The van der Waals surface area contributed by atoms with Gasteiger partial charge >= 0.3 is 120 Å². The summed E-state index contributed by atoms with van der Waals surface area (Å²) < 4.78 is 27.1. The number of aliphatic hydroxyl groups excluding tert-OH is 1. The van der Waals surface area contributed by atoms with Gasteiger partial charge in [-0.2, -0.15) is 0 Å². The minimum atomic E-state index is -3.14. The maximum atomic E-state index is 12.2. The van der Waals surface area contributed by atoms with Crippen LogP contribution in [0, 0.1) is 0 Å². The first kappa shape index (κ1) is 13.6. The van der Waals surface area contributed by atoms with Gasteiger partial charge in [0, 0.05) is 0 Å². The minimum absolute atomic E-state index is 0.0648. The maximum absolute atomic E-state index is 12.2. The summed E-state index contributed by atoms with van der Waals surface area (Å²) in [5, 5.41) is 9.93. The molecule has 1 N–H and O–H groups in total. The fourth-order valence-electron chi connectivity index (χ4n) is 2.74. The molecule has 2 bridgehead atoms. The first-order chi connectivity index (χ1) is 9.07. The van der Waals surface area contributed by atoms with Gasteiger partial charge in [0.15, 0.2) is 0 Å². The van der Waals surface area contributed by atoms with E-state index in [1.54, 1.807) is 4.31 Å². The van der Waals surface area contributed by atoms with Crippen molar-refractivity contribution in [2.75, 3.05) is 13.1 Å². The molecular weight excluding hydrogens is 329 g/mol. The van der Waals surface area contributed by atoms with Gasteiger partial charge in [-0.15, -0.1) is 0 Å². The van der Waals surface area contributed by atoms with Gasteiger partial charge in [-0.05, 0) is 0 Å². The standard InChI is InChI=1S/C13H17NO3SSe/c15-12-8-10-6-7-14(18(10,16)17)9-13(12)19-11-4-2-1-3-5-11/h1-5,10,12-13,15H,6-9H2/t10-,12+,13+/m1/s1. The van der Waals surface area contributed by atoms with E-state index in [0.29, 0.717) is 25.9 Å². The summed E-state index contributed by atoms with van der Waals surface area (Å²) in [6.07, 6.45) is 0.577. The van der Waals surface area contributed by atoms with Crippen LogP contribution in [0.1, 0.15) is 12.8 Å². The molecule has 104 valence electrons. The summed E-state index contributed by atoms with van der Waals surface area (Å²) >= 11 is 0.112. The van der Waals surface area contributed by atoms with Crippen molar-refractivity contribution in [3.05, 3.63) is 30.3 Å². The summed E-state index contributed by atoms with van der Waals surface area (Å²) in [7, 11) is -3.14. The van der Waals surface area contributed by atoms with E-state index in [0.717, 1.165) is 0 Å². The van der Waals surface area contributed by atoms with E-state index in [-0.39, 0.29) is 25.0 Å². The Balaban J connectivity index is 1.80. The molecule has 1 aromatic rings. The molecule has 2 heterocycles. The number of aliphatic hydroxyl groups is 1. The van der Waals surface area contributed by atoms with Crippen LogP contribution < -0.4 is 4.46 Å². The molecule has 2 aliphatic heterocycles. The Kier molecular flexibility index (Phi) is 3.71. The quantitative estimate of drug-likeness (QED) is 0.766. The molecule has 4 nitrogen and oxygen atoms in total. The van der Waals surface area contributed by atoms with Gasteiger partial charge in [-0.25, -0.2) is 0 Å². The van der Waals surface area contributed by atoms with Crippen molar-refractivity contribution in [2.24, 2.45) is 0 Å². The predicted octanol–water partition coefficient (Wildman–Crippen LogP) is -0.0267. The number of hydrogen-bond acceptors (Lipinski definition) is 3. The Labute approximate surface area is 120 Å². The van der Waals surface area contributed by atoms with Crippen LogP contribution in [0.25, 0.3) is 0 Å². The predicted molar refractivity (Wildman–Crippen MR) is 75.1 cm³/mol. The van der Waals surface area contributed by atoms with Crippen LogP contribution in [-0.4, -0.2) is 57.2 Å². The van der Waals surface area contributed by atoms with Crippen LogP contribution in [0.2, 0.25) is 4.82 Å². The average molecular weight is 346 g/mol. The zero-order valence-corrected chi connectivity index (χ0v) is 13.0. The molecule has 6 heteroatoms. The third-order valence-electron chi connectivity index (χ3n) is 3.83. The van der Waals surface area contributed by atoms with Gasteiger partial charge in [-0.3, -0.25) is 0 Å². The second-order valence-corrected chi connectivity index (χ2v) is 10.1. The van der Waals surface area contributed by atoms with E-state index in [2.05, 4.69) is 12.1 Å². The van der Waals surface area contributed by atoms with Crippen LogP contribution in [0.3, 0.4) is 0 Å². The molecule has 1 unspecified atom stereocenters. The van der Waals surface area contributed by atoms with Crippen LogP contribution in [0.5, 0.6) is 0 Å². The van der Waals surface area contributed by atoms with Crippen LogP contribution in [-0.2, 0) is 10.0 Å². The average Bonchev–Trinajstić information content (AvgIpc) is 2.60. The van der Waals surface area contributed by atoms with E-state index in [9.17, 15) is 13.5 Å². The van der Waals surface area contributed by atoms with E-state index < -0.39 is 16.1 Å². The first-order valence-corrected chi connectivity index (χ1v) is 9.81. The molecule has 19 heavy (non-hydrogen) atoms. The Morgan fingerprint density at radius 3 is 2.74 bits per heavy atom. The molecule has 3 rings (SSSR count). The zero-order chi connectivity index (χ0) is 13.5. The summed E-state index contributed by atoms with van der Waals surface area (Å²) in [6, 6.07) is 10.1. The summed E-state index contributed by atoms with van der Waals surface area (Å²) in [5.41, 5.74) is 0. The number of rotatable bonds is 2. The van der Waals surface area contributed by atoms with Gasteiger partial charge in [0.05, 0.1) is 0 Å². The topological polar surface area (TPSA) is 57.6 Å². The number of sulfonamides is 1. The first-order valence-electron chi connectivity index (χ1n) is 6.46. The van der Waals surface area contributed by atoms with Crippen molar-refractivity contribution in [3.8, 4) is 0 Å². The van der Waals surface area contributed by atoms with Gasteiger partial charge in [0.1, 0.15) is 0 Å². The second kappa shape index (κ2) is 5.18. The van der Waals surface area contributed by atoms with Crippen molar-refractivity contribution in [1.29, 1.82) is 0 Å². The van der Waals surface area contributed by atoms with Gasteiger partial charge < -0.3 is 0 Å². The number of nitrogens with zero attached hydrogens (tertiary/aromatic N) is 1. The Morgan fingerprint density at radius 1 is 1.26 bits per heavy atom. The number of fused-ring (bicyclic) bond motifs is 2. The zero-order valence-electron chi connectivity index (χ0n) is 10.5. The van der Waals surface area contributed by atoms with Crippen molar-refractivity contribution in [3.63, 3.8) is 0 Å². The van der Waals surface area contributed by atoms with Crippen LogP contribution in [0.4, 0.5) is 0 Å². The molecule has 1 aromatic carbocycles. The van der Waals surface area contributed by atoms with Crippen LogP contribution >= 0.6 is 0 Å². The molecule has 0 amide bonds. The van der Waals surface area contributed by atoms with E-state index >= 15 is 0 Å². The van der Waals surface area contributed by atoms with Crippen LogP contribution in [0.15, 0.2) is 30.3 Å². The Hall–Kier alpha value is -0.391. The molecule has 0 aliphatic carbocycles. The van der Waals surface area contributed by atoms with Crippen molar-refractivity contribution in [1.82, 2.24) is 4.31 Å². The van der Waals surface area contributed by atoms with E-state index in [4.69, 9.17) is 0 Å². The SMILES string of the molecule is O=S1(=O)[C@@H]2CCN1C[C@H]([Se]c1ccccc1)[C@@H](O)C2. The van der Waals surface area contributed by atoms with Crippen molar-refractivity contribution < 1.29 is 13.5 Å². The molecule has 0 spiro atoms. The fourth-order valence-corrected chi connectivity index (χ4v) is 7.44. The summed E-state index contributed by atoms with van der Waals surface area (Å²) in [6.45, 7) is 1.11. The third-order valence-corrected chi connectivity index (χ3v) is 8.90. The Bertz CT molecular complexity index is 548. The third kappa shape index (κ3) is 2.60. The molecular formula is C13H17NO3SSe. The number of hydrogen-bond donors (Lipinski definition) is 1. The Morgan fingerprint density at radius 2 is 2.00 bits per heavy atom. The second-order valence-electron chi connectivity index (χ2n) is 5.09. The normalized spacial score (nSPS) is 36.9. The molecule has 4 atom stereocenters. The summed E-state index contributed by atoms with van der Waals surface area (Å²) in [5.74, 6) is 0. The molecule has 0 aromatic heterocycles. The number of benzene rings is 1. The monoisotopic (exact) mass is 347 g/mol. The molecule has 2 saturated heterocycles. The van der Waals surface area contributed by atoms with Gasteiger partial charge in [0.2, 0.25) is 0 Å². The van der Waals surface area contributed by atoms with E-state index in [1.807, 2.05) is 18.2 Å². The molecule has 2 aliphatic rings. The van der Waals surface area contributed by atoms with E-state index in [1.165, 1.54) is 4.46 Å². The van der Waals surface area contributed by atoms with Crippen molar-refractivity contribution >= 4 is 29.4 Å². The van der Waals surface area contributed by atoms with Gasteiger partial charge in [0.25, 0.3) is 0 Å². The molecule has 2 fully saturated rings.